The van der Waals surface area contributed by atoms with Gasteiger partial charge in [-0.1, -0.05) is 26.2 Å². The van der Waals surface area contributed by atoms with Crippen LogP contribution in [0.2, 0.25) is 0 Å². The predicted octanol–water partition coefficient (Wildman–Crippen LogP) is 2.82. The Morgan fingerprint density at radius 3 is 2.42 bits per heavy atom. The van der Waals surface area contributed by atoms with Crippen LogP contribution in [-0.2, 0) is 4.79 Å². The van der Waals surface area contributed by atoms with Crippen LogP contribution in [0.4, 0.5) is 0 Å². The molecular weight excluding hydrogens is 152 g/mol. The van der Waals surface area contributed by atoms with Crippen LogP contribution in [0.3, 0.4) is 0 Å². The van der Waals surface area contributed by atoms with Crippen molar-refractivity contribution in [3.8, 4) is 0 Å². The Hall–Kier alpha value is -0.530. The molecule has 1 aliphatic rings. The molecule has 0 radical (unpaired) electrons. The van der Waals surface area contributed by atoms with E-state index in [0.29, 0.717) is 6.42 Å². The monoisotopic (exact) mass is 170 g/mol. The Bertz CT molecular complexity index is 157. The summed E-state index contributed by atoms with van der Waals surface area (Å²) in [7, 11) is 0. The first-order valence-electron chi connectivity index (χ1n) is 4.90. The van der Waals surface area contributed by atoms with E-state index in [2.05, 4.69) is 6.92 Å². The second-order valence-electron chi connectivity index (χ2n) is 4.03. The highest BCUT2D eigenvalue weighted by Gasteiger charge is 2.34. The van der Waals surface area contributed by atoms with Crippen molar-refractivity contribution in [2.75, 3.05) is 0 Å². The minimum atomic E-state index is -0.620. The van der Waals surface area contributed by atoms with Gasteiger partial charge in [-0.25, -0.2) is 0 Å². The van der Waals surface area contributed by atoms with Crippen molar-refractivity contribution >= 4 is 5.97 Å². The van der Waals surface area contributed by atoms with Gasteiger partial charge in [0.2, 0.25) is 0 Å². The molecule has 2 heteroatoms. The standard InChI is InChI=1S/C10H18O2/c1-2-5-10(8-9(11)12)6-3-4-7-10/h2-8H2,1H3,(H,11,12). The number of hydrogen-bond acceptors (Lipinski definition) is 1. The molecule has 0 saturated heterocycles. The second kappa shape index (κ2) is 3.92. The zero-order chi connectivity index (χ0) is 9.03. The van der Waals surface area contributed by atoms with E-state index in [1.807, 2.05) is 0 Å². The van der Waals surface area contributed by atoms with Crippen molar-refractivity contribution in [3.05, 3.63) is 0 Å². The Morgan fingerprint density at radius 1 is 1.42 bits per heavy atom. The summed E-state index contributed by atoms with van der Waals surface area (Å²) in [6, 6.07) is 0. The molecule has 1 saturated carbocycles. The maximum atomic E-state index is 10.6. The van der Waals surface area contributed by atoms with Gasteiger partial charge in [0, 0.05) is 0 Å². The lowest BCUT2D eigenvalue weighted by Gasteiger charge is -2.26. The van der Waals surface area contributed by atoms with E-state index in [1.165, 1.54) is 12.8 Å². The van der Waals surface area contributed by atoms with Gasteiger partial charge in [0.1, 0.15) is 0 Å². The van der Waals surface area contributed by atoms with Crippen molar-refractivity contribution in [1.82, 2.24) is 0 Å². The lowest BCUT2D eigenvalue weighted by molar-refractivity contribution is -0.139. The number of carboxylic acids is 1. The fourth-order valence-electron chi connectivity index (χ4n) is 2.49. The molecule has 0 aromatic rings. The maximum absolute atomic E-state index is 10.6. The molecule has 1 fully saturated rings. The average Bonchev–Trinajstić information content (AvgIpc) is 2.36. The van der Waals surface area contributed by atoms with Crippen LogP contribution < -0.4 is 0 Å². The maximum Gasteiger partial charge on any atom is 0.303 e. The van der Waals surface area contributed by atoms with Gasteiger partial charge in [0.05, 0.1) is 6.42 Å². The summed E-state index contributed by atoms with van der Waals surface area (Å²) in [5.74, 6) is -0.620. The third-order valence-corrected chi connectivity index (χ3v) is 2.97. The van der Waals surface area contributed by atoms with E-state index in [4.69, 9.17) is 5.11 Å². The topological polar surface area (TPSA) is 37.3 Å². The second-order valence-corrected chi connectivity index (χ2v) is 4.03. The molecule has 1 rings (SSSR count). The van der Waals surface area contributed by atoms with Crippen LogP contribution in [0.5, 0.6) is 0 Å². The largest absolute Gasteiger partial charge is 0.481 e. The molecule has 2 nitrogen and oxygen atoms in total. The van der Waals surface area contributed by atoms with Crippen molar-refractivity contribution in [2.45, 2.75) is 51.9 Å². The quantitative estimate of drug-likeness (QED) is 0.704. The molecule has 0 bridgehead atoms. The number of aliphatic carboxylic acids is 1. The molecular formula is C10H18O2. The molecule has 0 spiro atoms. The summed E-state index contributed by atoms with van der Waals surface area (Å²) in [6.45, 7) is 2.14. The Labute approximate surface area is 74.0 Å². The minimum absolute atomic E-state index is 0.167. The number of carboxylic acid groups (broad SMARTS) is 1. The fraction of sp³-hybridized carbons (Fsp3) is 0.900. The van der Waals surface area contributed by atoms with Crippen LogP contribution >= 0.6 is 0 Å². The van der Waals surface area contributed by atoms with Crippen LogP contribution in [-0.4, -0.2) is 11.1 Å². The van der Waals surface area contributed by atoms with Gasteiger partial charge < -0.3 is 5.11 Å². The summed E-state index contributed by atoms with van der Waals surface area (Å²) in [5.41, 5.74) is 0.167. The smallest absolute Gasteiger partial charge is 0.303 e. The molecule has 0 aromatic carbocycles. The van der Waals surface area contributed by atoms with Crippen molar-refractivity contribution in [2.24, 2.45) is 5.41 Å². The van der Waals surface area contributed by atoms with Gasteiger partial charge in [0.25, 0.3) is 0 Å². The van der Waals surface area contributed by atoms with E-state index in [9.17, 15) is 4.79 Å². The van der Waals surface area contributed by atoms with E-state index in [-0.39, 0.29) is 5.41 Å². The van der Waals surface area contributed by atoms with Gasteiger partial charge in [-0.3, -0.25) is 4.79 Å². The lowest BCUT2D eigenvalue weighted by Crippen LogP contribution is -2.20. The van der Waals surface area contributed by atoms with Crippen LogP contribution in [0.25, 0.3) is 0 Å². The molecule has 0 amide bonds. The van der Waals surface area contributed by atoms with E-state index in [0.717, 1.165) is 25.7 Å². The number of hydrogen-bond donors (Lipinski definition) is 1. The minimum Gasteiger partial charge on any atom is -0.481 e. The number of rotatable bonds is 4. The van der Waals surface area contributed by atoms with Gasteiger partial charge in [0.15, 0.2) is 0 Å². The SMILES string of the molecule is CCCC1(CC(=O)O)CCCC1. The Balaban J connectivity index is 2.52. The zero-order valence-electron chi connectivity index (χ0n) is 7.81. The fourth-order valence-corrected chi connectivity index (χ4v) is 2.49. The molecule has 1 N–H and O–H groups in total. The van der Waals surface area contributed by atoms with Crippen molar-refractivity contribution in [1.29, 1.82) is 0 Å². The van der Waals surface area contributed by atoms with Crippen molar-refractivity contribution < 1.29 is 9.90 Å². The third-order valence-electron chi connectivity index (χ3n) is 2.97. The first-order chi connectivity index (χ1) is 5.68. The highest BCUT2D eigenvalue weighted by Crippen LogP contribution is 2.44. The summed E-state index contributed by atoms with van der Waals surface area (Å²) in [6.07, 6.45) is 7.33. The van der Waals surface area contributed by atoms with Crippen LogP contribution in [0.1, 0.15) is 51.9 Å². The molecule has 70 valence electrons. The molecule has 0 aromatic heterocycles. The van der Waals surface area contributed by atoms with Gasteiger partial charge in [-0.05, 0) is 24.7 Å². The first-order valence-corrected chi connectivity index (χ1v) is 4.90. The zero-order valence-corrected chi connectivity index (χ0v) is 7.81. The predicted molar refractivity (Wildman–Crippen MR) is 48.1 cm³/mol. The highest BCUT2D eigenvalue weighted by atomic mass is 16.4. The van der Waals surface area contributed by atoms with Gasteiger partial charge in [-0.15, -0.1) is 0 Å². The number of carbonyl (C=O) groups is 1. The normalized spacial score (nSPS) is 21.1. The van der Waals surface area contributed by atoms with Crippen LogP contribution in [0.15, 0.2) is 0 Å². The molecule has 0 atom stereocenters. The Morgan fingerprint density at radius 2 is 2.00 bits per heavy atom. The van der Waals surface area contributed by atoms with E-state index >= 15 is 0 Å². The first kappa shape index (κ1) is 9.56. The molecule has 0 aliphatic heterocycles. The summed E-state index contributed by atoms with van der Waals surface area (Å²) < 4.78 is 0. The summed E-state index contributed by atoms with van der Waals surface area (Å²) >= 11 is 0. The third kappa shape index (κ3) is 2.23. The van der Waals surface area contributed by atoms with E-state index < -0.39 is 5.97 Å². The van der Waals surface area contributed by atoms with Crippen molar-refractivity contribution in [3.63, 3.8) is 0 Å². The van der Waals surface area contributed by atoms with Gasteiger partial charge >= 0.3 is 5.97 Å². The molecule has 1 aliphatic carbocycles. The lowest BCUT2D eigenvalue weighted by atomic mass is 9.79. The molecule has 12 heavy (non-hydrogen) atoms. The molecule has 0 unspecified atom stereocenters. The van der Waals surface area contributed by atoms with Gasteiger partial charge in [-0.2, -0.15) is 0 Å². The Kier molecular flexibility index (Phi) is 3.12. The average molecular weight is 170 g/mol. The molecule has 0 heterocycles. The summed E-state index contributed by atoms with van der Waals surface area (Å²) in [5, 5.41) is 8.77. The van der Waals surface area contributed by atoms with E-state index in [1.54, 1.807) is 0 Å². The summed E-state index contributed by atoms with van der Waals surface area (Å²) in [4.78, 5) is 10.6. The van der Waals surface area contributed by atoms with Crippen LogP contribution in [0, 0.1) is 5.41 Å². The highest BCUT2D eigenvalue weighted by molar-refractivity contribution is 5.67.